The number of carboxylic acid groups (broad SMARTS) is 1. The number of nitrogens with zero attached hydrogens (tertiary/aromatic N) is 2. The van der Waals surface area contributed by atoms with E-state index in [-0.39, 0.29) is 42.2 Å². The molecule has 1 amide bonds. The molecule has 0 saturated heterocycles. The normalized spacial score (nSPS) is 9.00. The van der Waals surface area contributed by atoms with Crippen molar-refractivity contribution in [2.45, 2.75) is 0 Å². The van der Waals surface area contributed by atoms with Gasteiger partial charge >= 0.3 is 35.5 Å². The molecule has 0 aliphatic heterocycles. The molecule has 0 radical (unpaired) electrons. The van der Waals surface area contributed by atoms with E-state index >= 15 is 0 Å². The van der Waals surface area contributed by atoms with E-state index in [1.54, 1.807) is 0 Å². The summed E-state index contributed by atoms with van der Waals surface area (Å²) in [5.74, 6) is -2.01. The maximum atomic E-state index is 10.7. The fourth-order valence-electron chi connectivity index (χ4n) is 0.886. The zero-order valence-corrected chi connectivity index (χ0v) is 9.31. The van der Waals surface area contributed by atoms with Crippen LogP contribution in [0.2, 0.25) is 0 Å². The number of carboxylic acids is 1. The Morgan fingerprint density at radius 2 is 2.23 bits per heavy atom. The summed E-state index contributed by atoms with van der Waals surface area (Å²) in [6, 6.07) is 0. The second kappa shape index (κ2) is 4.40. The maximum Gasteiger partial charge on any atom is 1.00 e. The number of primary amides is 1. The Hall–Kier alpha value is -0.850. The molecule has 6 nitrogen and oxygen atoms in total. The number of hydrogen-bond acceptors (Lipinski definition) is 3. The van der Waals surface area contributed by atoms with Crippen molar-refractivity contribution in [1.82, 2.24) is 9.78 Å². The van der Waals surface area contributed by atoms with Gasteiger partial charge in [-0.2, -0.15) is 5.10 Å². The number of aromatic nitrogens is 2. The minimum atomic E-state index is -1.21. The van der Waals surface area contributed by atoms with Gasteiger partial charge in [0.25, 0.3) is 5.91 Å². The molecule has 0 saturated carbocycles. The first-order valence-electron chi connectivity index (χ1n) is 3.09. The van der Waals surface area contributed by atoms with Crippen molar-refractivity contribution in [2.75, 3.05) is 0 Å². The number of nitrogens with two attached hydrogens (primary N) is 1. The summed E-state index contributed by atoms with van der Waals surface area (Å²) < 4.78 is 1.13. The SMILES string of the molecule is Cn1ncc(C(=O)O)c1C(N)=O.[H-].[Na+]. The molecule has 1 heterocycles. The molecule has 0 aliphatic rings. The van der Waals surface area contributed by atoms with Gasteiger partial charge in [-0.3, -0.25) is 9.48 Å². The monoisotopic (exact) mass is 193 g/mol. The van der Waals surface area contributed by atoms with E-state index in [2.05, 4.69) is 5.10 Å². The Bertz CT molecular complexity index is 352. The first-order valence-corrected chi connectivity index (χ1v) is 3.09. The molecule has 0 bridgehead atoms. The molecule has 0 fully saturated rings. The van der Waals surface area contributed by atoms with Crippen LogP contribution >= 0.6 is 0 Å². The van der Waals surface area contributed by atoms with Crippen LogP contribution in [0.5, 0.6) is 0 Å². The molecule has 0 aromatic carbocycles. The minimum Gasteiger partial charge on any atom is -1.00 e. The molecule has 0 unspecified atom stereocenters. The van der Waals surface area contributed by atoms with E-state index in [0.29, 0.717) is 0 Å². The molecule has 1 aromatic heterocycles. The predicted molar refractivity (Wildman–Crippen MR) is 39.8 cm³/mol. The first-order chi connectivity index (χ1) is 5.54. The molecular formula is C6H8N3NaO3. The van der Waals surface area contributed by atoms with Crippen LogP contribution in [0.25, 0.3) is 0 Å². The second-order valence-corrected chi connectivity index (χ2v) is 2.20. The van der Waals surface area contributed by atoms with E-state index in [1.807, 2.05) is 0 Å². The summed E-state index contributed by atoms with van der Waals surface area (Å²) in [6.07, 6.45) is 1.09. The van der Waals surface area contributed by atoms with E-state index in [1.165, 1.54) is 7.05 Å². The number of aromatic carboxylic acids is 1. The Kier molecular flexibility index (Phi) is 4.12. The summed E-state index contributed by atoms with van der Waals surface area (Å²) in [6.45, 7) is 0. The predicted octanol–water partition coefficient (Wildman–Crippen LogP) is -3.67. The van der Waals surface area contributed by atoms with E-state index < -0.39 is 11.9 Å². The van der Waals surface area contributed by atoms with Crippen LogP contribution in [0.15, 0.2) is 6.20 Å². The van der Waals surface area contributed by atoms with Crippen molar-refractivity contribution >= 4 is 11.9 Å². The van der Waals surface area contributed by atoms with Gasteiger partial charge in [0.1, 0.15) is 11.3 Å². The minimum absolute atomic E-state index is 0. The standard InChI is InChI=1S/C6H7N3O3.Na.H/c1-9-4(5(7)10)3(2-8-9)6(11)12;;/h2H,1H3,(H2,7,10)(H,11,12);;/q;+1;-1. The average molecular weight is 193 g/mol. The topological polar surface area (TPSA) is 98.2 Å². The largest absolute Gasteiger partial charge is 1.00 e. The molecule has 0 aliphatic carbocycles. The first kappa shape index (κ1) is 12.2. The zero-order valence-electron chi connectivity index (χ0n) is 8.31. The Labute approximate surface area is 97.5 Å². The van der Waals surface area contributed by atoms with Crippen LogP contribution in [0.3, 0.4) is 0 Å². The van der Waals surface area contributed by atoms with Gasteiger partial charge in [-0.1, -0.05) is 0 Å². The van der Waals surface area contributed by atoms with Crippen LogP contribution in [0.4, 0.5) is 0 Å². The van der Waals surface area contributed by atoms with Crippen LogP contribution < -0.4 is 35.3 Å². The summed E-state index contributed by atoms with van der Waals surface area (Å²) in [4.78, 5) is 21.2. The number of rotatable bonds is 2. The summed E-state index contributed by atoms with van der Waals surface area (Å²) in [5, 5.41) is 12.2. The molecule has 66 valence electrons. The molecule has 1 rings (SSSR count). The van der Waals surface area contributed by atoms with E-state index in [4.69, 9.17) is 10.8 Å². The van der Waals surface area contributed by atoms with Crippen molar-refractivity contribution in [2.24, 2.45) is 12.8 Å². The molecule has 13 heavy (non-hydrogen) atoms. The molecular weight excluding hydrogens is 185 g/mol. The summed E-state index contributed by atoms with van der Waals surface area (Å²) in [7, 11) is 1.45. The Morgan fingerprint density at radius 3 is 2.54 bits per heavy atom. The van der Waals surface area contributed by atoms with Crippen LogP contribution in [0.1, 0.15) is 22.3 Å². The van der Waals surface area contributed by atoms with Crippen LogP contribution in [-0.2, 0) is 7.05 Å². The van der Waals surface area contributed by atoms with Gasteiger partial charge in [0.15, 0.2) is 0 Å². The van der Waals surface area contributed by atoms with Gasteiger partial charge in [-0.25, -0.2) is 4.79 Å². The smallest absolute Gasteiger partial charge is 1.00 e. The third-order valence-electron chi connectivity index (χ3n) is 1.40. The fourth-order valence-corrected chi connectivity index (χ4v) is 0.886. The van der Waals surface area contributed by atoms with Crippen molar-refractivity contribution in [3.8, 4) is 0 Å². The van der Waals surface area contributed by atoms with Gasteiger partial charge in [0.05, 0.1) is 6.20 Å². The van der Waals surface area contributed by atoms with E-state index in [9.17, 15) is 9.59 Å². The van der Waals surface area contributed by atoms with Gasteiger partial charge in [0, 0.05) is 7.05 Å². The van der Waals surface area contributed by atoms with Crippen LogP contribution in [0, 0.1) is 0 Å². The molecule has 7 heteroatoms. The molecule has 0 spiro atoms. The average Bonchev–Trinajstić information content (AvgIpc) is 2.30. The molecule has 1 aromatic rings. The van der Waals surface area contributed by atoms with Crippen LogP contribution in [-0.4, -0.2) is 26.8 Å². The van der Waals surface area contributed by atoms with Gasteiger partial charge in [-0.05, 0) is 0 Å². The fraction of sp³-hybridized carbons (Fsp3) is 0.167. The van der Waals surface area contributed by atoms with Crippen molar-refractivity contribution < 1.29 is 45.7 Å². The summed E-state index contributed by atoms with van der Waals surface area (Å²) >= 11 is 0. The third kappa shape index (κ3) is 2.30. The quantitative estimate of drug-likeness (QED) is 0.473. The molecule has 0 atom stereocenters. The van der Waals surface area contributed by atoms with Gasteiger partial charge in [0.2, 0.25) is 0 Å². The number of carbonyl (C=O) groups excluding carboxylic acids is 1. The number of hydrogen-bond donors (Lipinski definition) is 2. The number of aryl methyl sites for hydroxylation is 1. The number of carbonyl (C=O) groups is 2. The third-order valence-corrected chi connectivity index (χ3v) is 1.40. The number of amides is 1. The Morgan fingerprint density at radius 1 is 1.69 bits per heavy atom. The van der Waals surface area contributed by atoms with Crippen molar-refractivity contribution in [3.05, 3.63) is 17.5 Å². The van der Waals surface area contributed by atoms with E-state index in [0.717, 1.165) is 10.9 Å². The van der Waals surface area contributed by atoms with Gasteiger partial charge < -0.3 is 12.3 Å². The summed E-state index contributed by atoms with van der Waals surface area (Å²) in [5.41, 5.74) is 4.66. The molecule has 3 N–H and O–H groups in total. The van der Waals surface area contributed by atoms with Gasteiger partial charge in [-0.15, -0.1) is 0 Å². The van der Waals surface area contributed by atoms with Crippen molar-refractivity contribution in [1.29, 1.82) is 0 Å². The second-order valence-electron chi connectivity index (χ2n) is 2.20. The van der Waals surface area contributed by atoms with Crippen molar-refractivity contribution in [3.63, 3.8) is 0 Å². The Balaban J connectivity index is 0. The zero-order chi connectivity index (χ0) is 9.30. The maximum absolute atomic E-state index is 10.7.